The summed E-state index contributed by atoms with van der Waals surface area (Å²) in [5, 5.41) is 6.01. The molecule has 3 rings (SSSR count). The van der Waals surface area contributed by atoms with Crippen molar-refractivity contribution in [1.82, 2.24) is 14.8 Å². The van der Waals surface area contributed by atoms with E-state index in [4.69, 9.17) is 11.6 Å². The van der Waals surface area contributed by atoms with Gasteiger partial charge in [-0.2, -0.15) is 5.10 Å². The first-order chi connectivity index (χ1) is 9.17. The lowest BCUT2D eigenvalue weighted by atomic mass is 10.1. The summed E-state index contributed by atoms with van der Waals surface area (Å²) in [6, 6.07) is 2.05. The molecule has 2 aromatic heterocycles. The molecule has 0 bridgehead atoms. The molecule has 3 heterocycles. The van der Waals surface area contributed by atoms with Crippen LogP contribution in [0.3, 0.4) is 0 Å². The molecule has 1 N–H and O–H groups in total. The summed E-state index contributed by atoms with van der Waals surface area (Å²) in [6.07, 6.45) is 7.45. The van der Waals surface area contributed by atoms with Gasteiger partial charge >= 0.3 is 0 Å². The van der Waals surface area contributed by atoms with Crippen LogP contribution in [0.4, 0.5) is 0 Å². The van der Waals surface area contributed by atoms with Crippen LogP contribution in [0.25, 0.3) is 16.3 Å². The van der Waals surface area contributed by atoms with Gasteiger partial charge in [0.25, 0.3) is 0 Å². The Morgan fingerprint density at radius 2 is 2.32 bits per heavy atom. The molecule has 5 heteroatoms. The van der Waals surface area contributed by atoms with Gasteiger partial charge in [0.15, 0.2) is 0 Å². The maximum atomic E-state index is 6.41. The summed E-state index contributed by atoms with van der Waals surface area (Å²) in [4.78, 5) is 7.80. The number of nitrogens with zero attached hydrogens (tertiary/aromatic N) is 3. The molecule has 0 saturated heterocycles. The number of aryl methyl sites for hydroxylation is 1. The third-order valence-electron chi connectivity index (χ3n) is 3.32. The lowest BCUT2D eigenvalue weighted by molar-refractivity contribution is 0.768. The van der Waals surface area contributed by atoms with Crippen molar-refractivity contribution < 1.29 is 0 Å². The Balaban J connectivity index is 2.16. The number of fused-ring (bicyclic) bond motifs is 1. The molecule has 0 spiro atoms. The van der Waals surface area contributed by atoms with E-state index in [2.05, 4.69) is 22.0 Å². The van der Waals surface area contributed by atoms with Crippen molar-refractivity contribution in [2.45, 2.75) is 19.8 Å². The Labute approximate surface area is 116 Å². The summed E-state index contributed by atoms with van der Waals surface area (Å²) in [5.41, 5.74) is 4.10. The van der Waals surface area contributed by atoms with E-state index in [0.29, 0.717) is 0 Å². The van der Waals surface area contributed by atoms with E-state index < -0.39 is 0 Å². The monoisotopic (exact) mass is 274 g/mol. The Morgan fingerprint density at radius 3 is 3.00 bits per heavy atom. The average Bonchev–Trinajstić information content (AvgIpc) is 2.97. The van der Waals surface area contributed by atoms with Gasteiger partial charge in [-0.3, -0.25) is 4.68 Å². The van der Waals surface area contributed by atoms with Crippen LogP contribution in [0.5, 0.6) is 0 Å². The fraction of sp³-hybridized carbons (Fsp3) is 0.286. The van der Waals surface area contributed by atoms with Crippen LogP contribution in [-0.2, 0) is 7.05 Å². The van der Waals surface area contributed by atoms with Crippen molar-refractivity contribution in [3.63, 3.8) is 0 Å². The van der Waals surface area contributed by atoms with E-state index in [1.54, 1.807) is 4.68 Å². The van der Waals surface area contributed by atoms with Crippen molar-refractivity contribution in [2.24, 2.45) is 12.0 Å². The second-order valence-corrected chi connectivity index (χ2v) is 5.16. The van der Waals surface area contributed by atoms with Crippen LogP contribution in [0.15, 0.2) is 35.2 Å². The number of aromatic amines is 1. The predicted molar refractivity (Wildman–Crippen MR) is 76.0 cm³/mol. The van der Waals surface area contributed by atoms with Crippen LogP contribution in [0, 0.1) is 0 Å². The van der Waals surface area contributed by atoms with E-state index >= 15 is 0 Å². The van der Waals surface area contributed by atoms with Crippen molar-refractivity contribution in [2.75, 3.05) is 0 Å². The van der Waals surface area contributed by atoms with Crippen LogP contribution >= 0.6 is 11.6 Å². The Bertz CT molecular complexity index is 764. The first-order valence-electron chi connectivity index (χ1n) is 6.30. The third kappa shape index (κ3) is 2.24. The van der Waals surface area contributed by atoms with E-state index in [0.717, 1.165) is 39.8 Å². The zero-order chi connectivity index (χ0) is 13.4. The predicted octanol–water partition coefficient (Wildman–Crippen LogP) is 2.08. The van der Waals surface area contributed by atoms with Crippen molar-refractivity contribution in [3.8, 4) is 11.3 Å². The molecule has 0 unspecified atom stereocenters. The highest BCUT2D eigenvalue weighted by Crippen LogP contribution is 2.19. The first-order valence-corrected chi connectivity index (χ1v) is 6.67. The maximum Gasteiger partial charge on any atom is 0.138 e. The van der Waals surface area contributed by atoms with Gasteiger partial charge < -0.3 is 4.98 Å². The molecule has 0 aliphatic carbocycles. The standard InChI is InChI=1S/C14H15ClN4/c1-3-9-4-12(15)11-5-13(18-14(11)16-6-9)10-7-17-19(2)8-10/h5-8H,3-4H2,1-2H3,(H,16,18). The number of aromatic nitrogens is 3. The fourth-order valence-electron chi connectivity index (χ4n) is 2.18. The highest BCUT2D eigenvalue weighted by Gasteiger charge is 2.09. The number of hydrogen-bond donors (Lipinski definition) is 1. The third-order valence-corrected chi connectivity index (χ3v) is 3.65. The summed E-state index contributed by atoms with van der Waals surface area (Å²) >= 11 is 6.41. The number of rotatable bonds is 2. The lowest BCUT2D eigenvalue weighted by Crippen LogP contribution is -2.22. The minimum atomic E-state index is 0.777. The minimum Gasteiger partial charge on any atom is -0.339 e. The zero-order valence-electron chi connectivity index (χ0n) is 10.9. The molecule has 0 amide bonds. The summed E-state index contributed by atoms with van der Waals surface area (Å²) < 4.78 is 1.78. The van der Waals surface area contributed by atoms with Crippen LogP contribution in [0.1, 0.15) is 19.8 Å². The second-order valence-electron chi connectivity index (χ2n) is 4.70. The Kier molecular flexibility index (Phi) is 3.03. The molecule has 0 saturated carbocycles. The van der Waals surface area contributed by atoms with Crippen molar-refractivity contribution in [1.29, 1.82) is 0 Å². The van der Waals surface area contributed by atoms with Gasteiger partial charge in [0.1, 0.15) is 5.49 Å². The van der Waals surface area contributed by atoms with Crippen molar-refractivity contribution in [3.05, 3.63) is 40.9 Å². The largest absolute Gasteiger partial charge is 0.339 e. The van der Waals surface area contributed by atoms with Gasteiger partial charge in [-0.25, -0.2) is 4.99 Å². The molecule has 1 aliphatic rings. The van der Waals surface area contributed by atoms with E-state index in [1.165, 1.54) is 5.57 Å². The van der Waals surface area contributed by atoms with E-state index in [9.17, 15) is 0 Å². The number of H-pyrrole nitrogens is 1. The molecule has 0 radical (unpaired) electrons. The average molecular weight is 275 g/mol. The normalized spacial score (nSPS) is 14.7. The SMILES string of the molecule is CCC1=CN=c2[nH]c(-c3cnn(C)c3)cc2=C(Cl)C1. The Hall–Kier alpha value is -1.81. The van der Waals surface area contributed by atoms with E-state index in [1.807, 2.05) is 31.7 Å². The molecule has 0 fully saturated rings. The molecule has 98 valence electrons. The van der Waals surface area contributed by atoms with Gasteiger partial charge in [0.05, 0.1) is 11.9 Å². The number of allylic oxidation sites excluding steroid dienone is 1. The fourth-order valence-corrected chi connectivity index (χ4v) is 2.50. The smallest absolute Gasteiger partial charge is 0.138 e. The van der Waals surface area contributed by atoms with Crippen LogP contribution in [-0.4, -0.2) is 14.8 Å². The second kappa shape index (κ2) is 4.70. The number of halogens is 1. The van der Waals surface area contributed by atoms with Gasteiger partial charge in [-0.1, -0.05) is 18.5 Å². The number of nitrogens with one attached hydrogen (secondary N) is 1. The molecule has 4 nitrogen and oxygen atoms in total. The zero-order valence-corrected chi connectivity index (χ0v) is 11.7. The molecule has 0 aromatic carbocycles. The summed E-state index contributed by atoms with van der Waals surface area (Å²) in [7, 11) is 1.90. The van der Waals surface area contributed by atoms with Gasteiger partial charge in [0, 0.05) is 41.7 Å². The molecule has 2 aromatic rings. The van der Waals surface area contributed by atoms with Gasteiger partial charge in [-0.15, -0.1) is 0 Å². The van der Waals surface area contributed by atoms with Gasteiger partial charge in [0.2, 0.25) is 0 Å². The van der Waals surface area contributed by atoms with Gasteiger partial charge in [-0.05, 0) is 18.1 Å². The van der Waals surface area contributed by atoms with Crippen LogP contribution < -0.4 is 10.7 Å². The quantitative estimate of drug-likeness (QED) is 0.895. The molecular weight excluding hydrogens is 260 g/mol. The highest BCUT2D eigenvalue weighted by atomic mass is 35.5. The van der Waals surface area contributed by atoms with Crippen LogP contribution in [0.2, 0.25) is 0 Å². The van der Waals surface area contributed by atoms with Crippen molar-refractivity contribution >= 4 is 16.6 Å². The highest BCUT2D eigenvalue weighted by molar-refractivity contribution is 6.45. The molecule has 19 heavy (non-hydrogen) atoms. The summed E-state index contributed by atoms with van der Waals surface area (Å²) in [5.74, 6) is 0. The minimum absolute atomic E-state index is 0.777. The number of hydrogen-bond acceptors (Lipinski definition) is 2. The molecule has 0 atom stereocenters. The lowest BCUT2D eigenvalue weighted by Gasteiger charge is -1.98. The topological polar surface area (TPSA) is 46.0 Å². The molecular formula is C14H15ClN4. The van der Waals surface area contributed by atoms with E-state index in [-0.39, 0.29) is 0 Å². The maximum absolute atomic E-state index is 6.41. The Morgan fingerprint density at radius 1 is 1.47 bits per heavy atom. The molecule has 1 aliphatic heterocycles. The first kappa shape index (κ1) is 12.2. The summed E-state index contributed by atoms with van der Waals surface area (Å²) in [6.45, 7) is 2.12.